The standard InChI is InChI=1S/C81H66BN7/c1-43-34-45(3)83-47(5)70(43)78-85-77(86-79(87-78)71-44(2)35-46(4)84-48(71)6)51-38-68-74-69(39-51)89-67-33-31-60-58-28-19-18-26-56(58)57-27-20-21-29-59(57)72(60)73(67)63-36-50(55-25-17-16-24-54(55)49-22-14-13-15-23-49)37-64(76(63)89)82(74)65-42-53(81(10,11)12)41-62-61-40-52(80(7,8)9)30-32-66(61)88(68)75(62)65/h13-42H,1-12H3. The van der Waals surface area contributed by atoms with E-state index in [1.807, 2.05) is 0 Å². The predicted octanol–water partition coefficient (Wildman–Crippen LogP) is 18.2. The van der Waals surface area contributed by atoms with Crippen LogP contribution in [0.5, 0.6) is 0 Å². The molecule has 0 radical (unpaired) electrons. The van der Waals surface area contributed by atoms with Crippen LogP contribution in [0.15, 0.2) is 182 Å². The zero-order chi connectivity index (χ0) is 60.8. The van der Waals surface area contributed by atoms with Gasteiger partial charge in [0.2, 0.25) is 0 Å². The third-order valence-electron chi connectivity index (χ3n) is 19.6. The molecule has 0 aliphatic carbocycles. The summed E-state index contributed by atoms with van der Waals surface area (Å²) in [6, 6.07) is 69.3. The molecule has 8 heteroatoms. The summed E-state index contributed by atoms with van der Waals surface area (Å²) in [6.45, 7) is 26.4. The summed E-state index contributed by atoms with van der Waals surface area (Å²) in [5, 5.41) is 12.5. The van der Waals surface area contributed by atoms with Gasteiger partial charge in [-0.3, -0.25) is 9.97 Å². The molecule has 5 aromatic heterocycles. The van der Waals surface area contributed by atoms with E-state index >= 15 is 0 Å². The van der Waals surface area contributed by atoms with Gasteiger partial charge in [-0.15, -0.1) is 0 Å². The number of aromatic nitrogens is 7. The van der Waals surface area contributed by atoms with Gasteiger partial charge in [0.1, 0.15) is 0 Å². The van der Waals surface area contributed by atoms with Crippen molar-refractivity contribution in [3.8, 4) is 67.8 Å². The first-order chi connectivity index (χ1) is 42.9. The minimum Gasteiger partial charge on any atom is -0.310 e. The second-order valence-electron chi connectivity index (χ2n) is 27.5. The van der Waals surface area contributed by atoms with Crippen LogP contribution in [0.3, 0.4) is 0 Å². The molecule has 7 heterocycles. The van der Waals surface area contributed by atoms with Crippen molar-refractivity contribution in [3.63, 3.8) is 0 Å². The first-order valence-electron chi connectivity index (χ1n) is 31.4. The molecule has 7 nitrogen and oxygen atoms in total. The van der Waals surface area contributed by atoms with Crippen molar-refractivity contribution in [1.29, 1.82) is 0 Å². The molecule has 0 N–H and O–H groups in total. The van der Waals surface area contributed by atoms with Crippen LogP contribution in [0.4, 0.5) is 0 Å². The Morgan fingerprint density at radius 3 is 1.45 bits per heavy atom. The van der Waals surface area contributed by atoms with Crippen molar-refractivity contribution in [2.75, 3.05) is 0 Å². The largest absolute Gasteiger partial charge is 0.310 e. The Bertz CT molecular complexity index is 5500. The maximum atomic E-state index is 5.63. The monoisotopic (exact) mass is 1150 g/mol. The number of benzene rings is 10. The molecule has 0 bridgehead atoms. The molecular formula is C81H66BN7. The highest BCUT2D eigenvalue weighted by Gasteiger charge is 2.43. The highest BCUT2D eigenvalue weighted by atomic mass is 15.1. The van der Waals surface area contributed by atoms with Gasteiger partial charge in [0, 0.05) is 88.8 Å². The molecule has 10 aromatic carbocycles. The van der Waals surface area contributed by atoms with Crippen molar-refractivity contribution >= 4 is 99.0 Å². The maximum Gasteiger partial charge on any atom is 0.252 e. The third kappa shape index (κ3) is 7.75. The van der Waals surface area contributed by atoms with Crippen LogP contribution in [-0.2, 0) is 10.8 Å². The molecule has 0 saturated heterocycles. The van der Waals surface area contributed by atoms with Gasteiger partial charge in [-0.1, -0.05) is 169 Å². The van der Waals surface area contributed by atoms with Crippen LogP contribution >= 0.6 is 0 Å². The Morgan fingerprint density at radius 1 is 0.348 bits per heavy atom. The maximum absolute atomic E-state index is 5.63. The van der Waals surface area contributed by atoms with E-state index in [0.29, 0.717) is 17.5 Å². The van der Waals surface area contributed by atoms with Crippen LogP contribution in [0, 0.1) is 41.5 Å². The van der Waals surface area contributed by atoms with Crippen LogP contribution in [0.25, 0.3) is 144 Å². The molecule has 0 unspecified atom stereocenters. The molecule has 0 amide bonds. The van der Waals surface area contributed by atoms with E-state index in [1.54, 1.807) is 0 Å². The Balaban J connectivity index is 1.09. The molecule has 17 rings (SSSR count). The number of pyridine rings is 2. The molecule has 0 atom stereocenters. The number of rotatable bonds is 5. The molecule has 2 aliphatic heterocycles. The summed E-state index contributed by atoms with van der Waals surface area (Å²) in [7, 11) is 0. The number of nitrogens with zero attached hydrogens (tertiary/aromatic N) is 7. The van der Waals surface area contributed by atoms with E-state index in [-0.39, 0.29) is 17.5 Å². The number of hydrogen-bond donors (Lipinski definition) is 0. The van der Waals surface area contributed by atoms with E-state index in [4.69, 9.17) is 24.9 Å². The lowest BCUT2D eigenvalue weighted by molar-refractivity contribution is 0.590. The first kappa shape index (κ1) is 53.2. The van der Waals surface area contributed by atoms with Crippen molar-refractivity contribution < 1.29 is 0 Å². The number of fused-ring (bicyclic) bond motifs is 17. The van der Waals surface area contributed by atoms with Gasteiger partial charge in [-0.25, -0.2) is 15.0 Å². The zero-order valence-electron chi connectivity index (χ0n) is 52.5. The van der Waals surface area contributed by atoms with Gasteiger partial charge in [-0.05, 0) is 195 Å². The highest BCUT2D eigenvalue weighted by Crippen LogP contribution is 2.48. The van der Waals surface area contributed by atoms with Crippen LogP contribution < -0.4 is 16.4 Å². The Hall–Kier alpha value is -10.0. The Morgan fingerprint density at radius 2 is 0.843 bits per heavy atom. The number of aryl methyl sites for hydroxylation is 6. The molecular weight excluding hydrogens is 1080 g/mol. The molecule has 428 valence electrons. The first-order valence-corrected chi connectivity index (χ1v) is 31.4. The van der Waals surface area contributed by atoms with Gasteiger partial charge in [0.05, 0.1) is 11.0 Å². The average Bonchev–Trinajstić information content (AvgIpc) is 1.56. The molecule has 0 fully saturated rings. The lowest BCUT2D eigenvalue weighted by atomic mass is 9.34. The van der Waals surface area contributed by atoms with Crippen LogP contribution in [-0.4, -0.2) is 40.8 Å². The lowest BCUT2D eigenvalue weighted by Gasteiger charge is -2.35. The predicted molar refractivity (Wildman–Crippen MR) is 374 cm³/mol. The summed E-state index contributed by atoms with van der Waals surface area (Å²) in [4.78, 5) is 26.7. The summed E-state index contributed by atoms with van der Waals surface area (Å²) < 4.78 is 5.24. The normalized spacial score (nSPS) is 12.9. The minimum absolute atomic E-state index is 0.0765. The van der Waals surface area contributed by atoms with Gasteiger partial charge in [0.15, 0.2) is 17.5 Å². The molecule has 0 saturated carbocycles. The van der Waals surface area contributed by atoms with Gasteiger partial charge in [-0.2, -0.15) is 0 Å². The highest BCUT2D eigenvalue weighted by molar-refractivity contribution is 7.00. The van der Waals surface area contributed by atoms with Crippen molar-refractivity contribution in [1.82, 2.24) is 34.1 Å². The summed E-state index contributed by atoms with van der Waals surface area (Å²) in [6.07, 6.45) is 0. The third-order valence-corrected chi connectivity index (χ3v) is 19.6. The van der Waals surface area contributed by atoms with E-state index in [1.165, 1.54) is 120 Å². The van der Waals surface area contributed by atoms with Gasteiger partial charge < -0.3 is 9.13 Å². The Labute approximate surface area is 518 Å². The SMILES string of the molecule is Cc1cc(C)c(-c2nc(-c3cc4c5c(c3)-n3c6ccc7c8ccccc8c8ccccc8c7c6c6cc(-c7ccccc7-c7ccccc7)cc(c63)B5c3cc(C(C)(C)C)cc5c6cc(C(C)(C)C)ccc6n-4c35)nc(-c3c(C)cc(C)nc3C)n2)c(C)n1. The molecule has 0 spiro atoms. The Kier molecular flexibility index (Phi) is 11.2. The number of hydrogen-bond acceptors (Lipinski definition) is 5. The van der Waals surface area contributed by atoms with Crippen molar-refractivity contribution in [3.05, 3.63) is 227 Å². The van der Waals surface area contributed by atoms with E-state index in [0.717, 1.165) is 67.5 Å². The zero-order valence-corrected chi connectivity index (χ0v) is 52.5. The molecule has 2 aliphatic rings. The van der Waals surface area contributed by atoms with Crippen molar-refractivity contribution in [2.24, 2.45) is 0 Å². The van der Waals surface area contributed by atoms with Gasteiger partial charge in [0.25, 0.3) is 6.71 Å². The fraction of sp³-hybridized carbons (Fsp3) is 0.173. The summed E-state index contributed by atoms with van der Waals surface area (Å²) >= 11 is 0. The average molecular weight is 1150 g/mol. The quantitative estimate of drug-likeness (QED) is 0.127. The smallest absolute Gasteiger partial charge is 0.252 e. The van der Waals surface area contributed by atoms with Crippen LogP contribution in [0.2, 0.25) is 0 Å². The van der Waals surface area contributed by atoms with E-state index in [9.17, 15) is 0 Å². The molecule has 15 aromatic rings. The van der Waals surface area contributed by atoms with E-state index < -0.39 is 0 Å². The second-order valence-corrected chi connectivity index (χ2v) is 27.5. The second kappa shape index (κ2) is 18.7. The van der Waals surface area contributed by atoms with Gasteiger partial charge >= 0.3 is 0 Å². The minimum atomic E-state index is -0.179. The lowest BCUT2D eigenvalue weighted by Crippen LogP contribution is -2.59. The fourth-order valence-corrected chi connectivity index (χ4v) is 15.8. The molecule has 89 heavy (non-hydrogen) atoms. The fourth-order valence-electron chi connectivity index (χ4n) is 15.8. The summed E-state index contributed by atoms with van der Waals surface area (Å²) in [5.41, 5.74) is 26.6. The van der Waals surface area contributed by atoms with E-state index in [2.05, 4.69) is 274 Å². The summed E-state index contributed by atoms with van der Waals surface area (Å²) in [5.74, 6) is 1.77. The topological polar surface area (TPSA) is 74.3 Å². The van der Waals surface area contributed by atoms with Crippen LogP contribution in [0.1, 0.15) is 86.6 Å². The van der Waals surface area contributed by atoms with Crippen molar-refractivity contribution in [2.45, 2.75) is 93.9 Å².